The van der Waals surface area contributed by atoms with Gasteiger partial charge in [-0.3, -0.25) is 0 Å². The Kier molecular flexibility index (Phi) is 7.71. The van der Waals surface area contributed by atoms with E-state index in [1.165, 1.54) is 46.0 Å². The standard InChI is InChI=1S/C26H34B/c1-7-10-22-18-24(15-13-20(22)3)27-25-16-14-21(23(19-25)11-8-2)12-9-17-26(4,5)6/h7-8,13-16,18-19H,1-2,9-12,17H2,3-6H3. The zero-order chi connectivity index (χ0) is 19.9. The third-order valence-corrected chi connectivity index (χ3v) is 5.04. The molecule has 0 aliphatic rings. The summed E-state index contributed by atoms with van der Waals surface area (Å²) in [5, 5.41) is 0. The molecule has 0 nitrogen and oxygen atoms in total. The van der Waals surface area contributed by atoms with Crippen LogP contribution in [0.4, 0.5) is 0 Å². The highest BCUT2D eigenvalue weighted by molar-refractivity contribution is 6.67. The topological polar surface area (TPSA) is 0 Å². The summed E-state index contributed by atoms with van der Waals surface area (Å²) >= 11 is 0. The van der Waals surface area contributed by atoms with Crippen molar-refractivity contribution in [2.45, 2.75) is 59.8 Å². The largest absolute Gasteiger partial charge is 0.191 e. The van der Waals surface area contributed by atoms with Crippen LogP contribution in [-0.2, 0) is 19.3 Å². The first-order valence-electron chi connectivity index (χ1n) is 10.1. The maximum atomic E-state index is 3.95. The van der Waals surface area contributed by atoms with Gasteiger partial charge in [0.15, 0.2) is 7.28 Å². The van der Waals surface area contributed by atoms with Gasteiger partial charge in [0.1, 0.15) is 0 Å². The first-order chi connectivity index (χ1) is 12.8. The second kappa shape index (κ2) is 9.79. The summed E-state index contributed by atoms with van der Waals surface area (Å²) in [6.07, 6.45) is 9.48. The van der Waals surface area contributed by atoms with E-state index < -0.39 is 0 Å². The summed E-state index contributed by atoms with van der Waals surface area (Å²) in [5.41, 5.74) is 8.47. The molecule has 0 aliphatic carbocycles. The molecule has 0 saturated carbocycles. The quantitative estimate of drug-likeness (QED) is 0.412. The highest BCUT2D eigenvalue weighted by Gasteiger charge is 2.11. The predicted molar refractivity (Wildman–Crippen MR) is 123 cm³/mol. The Hall–Kier alpha value is -2.02. The molecular weight excluding hydrogens is 323 g/mol. The van der Waals surface area contributed by atoms with E-state index in [0.717, 1.165) is 19.3 Å². The molecule has 0 aliphatic heterocycles. The van der Waals surface area contributed by atoms with E-state index in [0.29, 0.717) is 5.41 Å². The van der Waals surface area contributed by atoms with E-state index >= 15 is 0 Å². The molecule has 0 saturated heterocycles. The molecule has 0 amide bonds. The second-order valence-electron chi connectivity index (χ2n) is 8.76. The van der Waals surface area contributed by atoms with E-state index in [2.05, 4.69) is 84.5 Å². The number of hydrogen-bond donors (Lipinski definition) is 0. The van der Waals surface area contributed by atoms with Gasteiger partial charge in [0.2, 0.25) is 0 Å². The zero-order valence-corrected chi connectivity index (χ0v) is 17.6. The lowest BCUT2D eigenvalue weighted by Gasteiger charge is -2.18. The maximum Gasteiger partial charge on any atom is 0.191 e. The van der Waals surface area contributed by atoms with Crippen molar-refractivity contribution in [2.75, 3.05) is 0 Å². The van der Waals surface area contributed by atoms with E-state index in [9.17, 15) is 0 Å². The molecule has 2 aromatic carbocycles. The van der Waals surface area contributed by atoms with Gasteiger partial charge in [-0.2, -0.15) is 0 Å². The molecule has 0 N–H and O–H groups in total. The van der Waals surface area contributed by atoms with Crippen molar-refractivity contribution in [2.24, 2.45) is 5.41 Å². The van der Waals surface area contributed by atoms with Gasteiger partial charge in [0, 0.05) is 0 Å². The van der Waals surface area contributed by atoms with Gasteiger partial charge in [-0.1, -0.05) is 80.2 Å². The van der Waals surface area contributed by atoms with Crippen LogP contribution in [0.2, 0.25) is 0 Å². The van der Waals surface area contributed by atoms with Gasteiger partial charge >= 0.3 is 0 Å². The normalized spacial score (nSPS) is 11.3. The van der Waals surface area contributed by atoms with Gasteiger partial charge in [-0.15, -0.1) is 13.2 Å². The summed E-state index contributed by atoms with van der Waals surface area (Å²) in [6.45, 7) is 16.9. The van der Waals surface area contributed by atoms with E-state index in [-0.39, 0.29) is 0 Å². The minimum absolute atomic E-state index is 0.404. The van der Waals surface area contributed by atoms with Crippen LogP contribution in [0.1, 0.15) is 55.9 Å². The molecule has 0 heterocycles. The SMILES string of the molecule is C=CCc1cc([B]c2ccc(CCCC(C)(C)C)c(CC=C)c2)ccc1C. The van der Waals surface area contributed by atoms with Crippen LogP contribution in [-0.4, -0.2) is 7.28 Å². The summed E-state index contributed by atoms with van der Waals surface area (Å²) in [5.74, 6) is 0. The monoisotopic (exact) mass is 357 g/mol. The van der Waals surface area contributed by atoms with Crippen molar-refractivity contribution in [3.8, 4) is 0 Å². The van der Waals surface area contributed by atoms with Crippen molar-refractivity contribution < 1.29 is 0 Å². The first-order valence-corrected chi connectivity index (χ1v) is 10.1. The molecule has 27 heavy (non-hydrogen) atoms. The number of aryl methyl sites for hydroxylation is 2. The minimum Gasteiger partial charge on any atom is -0.103 e. The van der Waals surface area contributed by atoms with Crippen LogP contribution in [0, 0.1) is 12.3 Å². The lowest BCUT2D eigenvalue weighted by molar-refractivity contribution is 0.365. The lowest BCUT2D eigenvalue weighted by Crippen LogP contribution is -2.28. The summed E-state index contributed by atoms with van der Waals surface area (Å²) in [4.78, 5) is 0. The van der Waals surface area contributed by atoms with Crippen LogP contribution >= 0.6 is 0 Å². The summed E-state index contributed by atoms with van der Waals surface area (Å²) in [6, 6.07) is 13.6. The van der Waals surface area contributed by atoms with Crippen LogP contribution in [0.3, 0.4) is 0 Å². The van der Waals surface area contributed by atoms with Crippen molar-refractivity contribution in [1.82, 2.24) is 0 Å². The minimum atomic E-state index is 0.404. The molecular formula is C26H34B. The van der Waals surface area contributed by atoms with Gasteiger partial charge in [-0.25, -0.2) is 0 Å². The molecule has 0 atom stereocenters. The molecule has 1 heteroatoms. The molecule has 1 radical (unpaired) electrons. The van der Waals surface area contributed by atoms with Crippen LogP contribution in [0.25, 0.3) is 0 Å². The first kappa shape index (κ1) is 21.3. The van der Waals surface area contributed by atoms with Crippen LogP contribution in [0.5, 0.6) is 0 Å². The van der Waals surface area contributed by atoms with E-state index in [1.807, 2.05) is 12.2 Å². The fourth-order valence-electron chi connectivity index (χ4n) is 3.48. The molecule has 2 rings (SSSR count). The van der Waals surface area contributed by atoms with Gasteiger partial charge in [0.25, 0.3) is 0 Å². The average Bonchev–Trinajstić information content (AvgIpc) is 2.59. The third-order valence-electron chi connectivity index (χ3n) is 5.04. The van der Waals surface area contributed by atoms with Gasteiger partial charge in [0.05, 0.1) is 0 Å². The maximum absolute atomic E-state index is 3.95. The highest BCUT2D eigenvalue weighted by Crippen LogP contribution is 2.23. The Morgan fingerprint density at radius 3 is 2.07 bits per heavy atom. The lowest BCUT2D eigenvalue weighted by atomic mass is 9.63. The predicted octanol–water partition coefficient (Wildman–Crippen LogP) is 5.48. The Morgan fingerprint density at radius 2 is 1.44 bits per heavy atom. The van der Waals surface area contributed by atoms with Crippen molar-refractivity contribution in [3.63, 3.8) is 0 Å². The summed E-state index contributed by atoms with van der Waals surface area (Å²) < 4.78 is 0. The molecule has 141 valence electrons. The van der Waals surface area contributed by atoms with Crippen LogP contribution in [0.15, 0.2) is 61.7 Å². The molecule has 0 fully saturated rings. The van der Waals surface area contributed by atoms with Crippen molar-refractivity contribution >= 4 is 18.2 Å². The average molecular weight is 357 g/mol. The van der Waals surface area contributed by atoms with Crippen LogP contribution < -0.4 is 10.9 Å². The van der Waals surface area contributed by atoms with Gasteiger partial charge < -0.3 is 0 Å². The van der Waals surface area contributed by atoms with E-state index in [4.69, 9.17) is 0 Å². The van der Waals surface area contributed by atoms with Crippen molar-refractivity contribution in [3.05, 3.63) is 84.0 Å². The molecule has 2 aromatic rings. The third kappa shape index (κ3) is 6.90. The Morgan fingerprint density at radius 1 is 0.852 bits per heavy atom. The fourth-order valence-corrected chi connectivity index (χ4v) is 3.48. The van der Waals surface area contributed by atoms with Crippen molar-refractivity contribution in [1.29, 1.82) is 0 Å². The number of rotatable bonds is 9. The number of allylic oxidation sites excluding steroid dienone is 2. The molecule has 0 unspecified atom stereocenters. The second-order valence-corrected chi connectivity index (χ2v) is 8.76. The smallest absolute Gasteiger partial charge is 0.103 e. The summed E-state index contributed by atoms with van der Waals surface area (Å²) in [7, 11) is 2.28. The Balaban J connectivity index is 2.16. The number of hydrogen-bond acceptors (Lipinski definition) is 0. The fraction of sp³-hybridized carbons (Fsp3) is 0.385. The Labute approximate surface area is 167 Å². The molecule has 0 spiro atoms. The highest BCUT2D eigenvalue weighted by atomic mass is 14.2. The molecule has 0 aromatic heterocycles. The zero-order valence-electron chi connectivity index (χ0n) is 17.6. The Bertz CT molecular complexity index is 777. The van der Waals surface area contributed by atoms with Gasteiger partial charge in [-0.05, 0) is 66.7 Å². The van der Waals surface area contributed by atoms with E-state index in [1.54, 1.807) is 0 Å². The number of benzene rings is 2. The molecule has 0 bridgehead atoms.